The first-order valence-electron chi connectivity index (χ1n) is 26.9. The summed E-state index contributed by atoms with van der Waals surface area (Å²) < 4.78 is 6.79. The third-order valence-corrected chi connectivity index (χ3v) is 20.8. The molecule has 19 rings (SSSR count). The van der Waals surface area contributed by atoms with Crippen molar-refractivity contribution in [1.82, 2.24) is 15.0 Å². The molecule has 12 bridgehead atoms. The van der Waals surface area contributed by atoms with Crippen LogP contribution in [0.4, 0.5) is 0 Å². The van der Waals surface area contributed by atoms with E-state index in [-0.39, 0.29) is 0 Å². The van der Waals surface area contributed by atoms with Crippen LogP contribution in [0, 0.1) is 53.3 Å². The van der Waals surface area contributed by atoms with E-state index >= 15 is 0 Å². The second-order valence-corrected chi connectivity index (χ2v) is 25.1. The highest BCUT2D eigenvalue weighted by molar-refractivity contribution is 6.11. The number of hydrogen-bond donors (Lipinski definition) is 0. The lowest BCUT2D eigenvalue weighted by Crippen LogP contribution is -2.48. The zero-order chi connectivity index (χ0) is 43.6. The number of aromatic nitrogens is 3. The molecule has 0 atom stereocenters. The van der Waals surface area contributed by atoms with E-state index in [0.717, 1.165) is 109 Å². The molecule has 0 radical (unpaired) electrons. The van der Waals surface area contributed by atoms with Crippen molar-refractivity contribution in [3.63, 3.8) is 0 Å². The molecule has 67 heavy (non-hydrogen) atoms. The summed E-state index contributed by atoms with van der Waals surface area (Å²) in [6.07, 6.45) is 25.5. The van der Waals surface area contributed by atoms with E-state index < -0.39 is 0 Å². The third-order valence-electron chi connectivity index (χ3n) is 20.8. The highest BCUT2D eigenvalue weighted by Gasteiger charge is 2.54. The van der Waals surface area contributed by atoms with Gasteiger partial charge in [-0.2, -0.15) is 0 Å². The van der Waals surface area contributed by atoms with Crippen LogP contribution in [0.5, 0.6) is 0 Å². The highest BCUT2D eigenvalue weighted by atomic mass is 16.3. The van der Waals surface area contributed by atoms with Gasteiger partial charge in [0.25, 0.3) is 0 Å². The maximum atomic E-state index is 6.79. The predicted molar refractivity (Wildman–Crippen MR) is 268 cm³/mol. The number of furan rings is 1. The lowest BCUT2D eigenvalue weighted by Gasteiger charge is -2.57. The van der Waals surface area contributed by atoms with Gasteiger partial charge >= 0.3 is 0 Å². The van der Waals surface area contributed by atoms with Gasteiger partial charge in [0.1, 0.15) is 11.2 Å². The average Bonchev–Trinajstić information content (AvgIpc) is 3.71. The molecule has 0 N–H and O–H groups in total. The van der Waals surface area contributed by atoms with Gasteiger partial charge in [-0.25, -0.2) is 15.0 Å². The standard InChI is InChI=1S/C63H63N3O/c1-2-4-56-53(3-1)55-27-49(26-54(57(55)67-56)46-5-11-50(12-6-46)61-28-37-17-38(29-61)19-39(18-37)30-61)60-65-58(47-7-13-51(14-8-47)62-31-40-20-41(32-62)22-42(21-40)33-62)64-59(66-60)48-9-15-52(16-10-48)63-34-43-23-44(35-63)25-45(24-43)36-63/h1-16,26-27,37-45H,17-25,28-36H2. The van der Waals surface area contributed by atoms with Gasteiger partial charge in [0.15, 0.2) is 17.5 Å². The number of rotatable bonds is 7. The predicted octanol–water partition coefficient (Wildman–Crippen LogP) is 15.8. The van der Waals surface area contributed by atoms with Crippen molar-refractivity contribution in [3.8, 4) is 45.3 Å². The monoisotopic (exact) mass is 877 g/mol. The molecule has 12 aliphatic rings. The highest BCUT2D eigenvalue weighted by Crippen LogP contribution is 2.63. The van der Waals surface area contributed by atoms with E-state index in [9.17, 15) is 0 Å². The normalized spacial score (nSPS) is 36.2. The Kier molecular flexibility index (Phi) is 8.12. The van der Waals surface area contributed by atoms with Gasteiger partial charge in [0, 0.05) is 33.0 Å². The van der Waals surface area contributed by atoms with Crippen LogP contribution in [0.1, 0.15) is 132 Å². The topological polar surface area (TPSA) is 51.8 Å². The Balaban J connectivity index is 0.817. The number of nitrogens with zero attached hydrogens (tertiary/aromatic N) is 3. The lowest BCUT2D eigenvalue weighted by molar-refractivity contribution is -0.00530. The smallest absolute Gasteiger partial charge is 0.164 e. The van der Waals surface area contributed by atoms with E-state index in [1.54, 1.807) is 16.7 Å². The molecule has 5 aromatic carbocycles. The van der Waals surface area contributed by atoms with Crippen molar-refractivity contribution >= 4 is 21.9 Å². The third kappa shape index (κ3) is 6.05. The van der Waals surface area contributed by atoms with Crippen LogP contribution < -0.4 is 0 Å². The van der Waals surface area contributed by atoms with Crippen LogP contribution in [-0.2, 0) is 16.2 Å². The summed E-state index contributed by atoms with van der Waals surface area (Å²) in [4.78, 5) is 16.3. The molecule has 336 valence electrons. The molecule has 4 nitrogen and oxygen atoms in total. The molecule has 12 saturated carbocycles. The Hall–Kier alpha value is -5.09. The van der Waals surface area contributed by atoms with Gasteiger partial charge in [-0.1, -0.05) is 91.0 Å². The maximum absolute atomic E-state index is 6.79. The molecule has 0 spiro atoms. The first-order chi connectivity index (χ1) is 32.9. The van der Waals surface area contributed by atoms with Gasteiger partial charge in [-0.15, -0.1) is 0 Å². The van der Waals surface area contributed by atoms with E-state index in [0.29, 0.717) is 22.1 Å². The van der Waals surface area contributed by atoms with Crippen molar-refractivity contribution < 1.29 is 4.42 Å². The SMILES string of the molecule is c1ccc2c(c1)oc1c(-c3ccc(C45CC6CC(CC(C6)C4)C5)cc3)cc(-c3nc(-c4ccc(C56CC7CC(CC(C7)C5)C6)cc4)nc(-c4ccc(C56CC7CC(CC(C7)C5)C6)cc4)n3)cc12. The van der Waals surface area contributed by atoms with Gasteiger partial charge in [-0.3, -0.25) is 0 Å². The lowest BCUT2D eigenvalue weighted by atomic mass is 9.48. The Bertz CT molecular complexity index is 2910. The molecule has 0 unspecified atom stereocenters. The van der Waals surface area contributed by atoms with Crippen LogP contribution in [0.2, 0.25) is 0 Å². The molecule has 7 aromatic rings. The van der Waals surface area contributed by atoms with E-state index in [1.165, 1.54) is 121 Å². The molecule has 0 amide bonds. The fourth-order valence-electron chi connectivity index (χ4n) is 19.3. The molecule has 2 aromatic heterocycles. The molecule has 2 heterocycles. The summed E-state index contributed by atoms with van der Waals surface area (Å²) in [5, 5.41) is 2.23. The van der Waals surface area contributed by atoms with Crippen LogP contribution in [0.15, 0.2) is 114 Å². The minimum absolute atomic E-state index is 0.355. The van der Waals surface area contributed by atoms with Gasteiger partial charge < -0.3 is 4.42 Å². The van der Waals surface area contributed by atoms with Crippen molar-refractivity contribution in [2.75, 3.05) is 0 Å². The van der Waals surface area contributed by atoms with Crippen molar-refractivity contribution in [2.45, 2.75) is 132 Å². The molecule has 0 aliphatic heterocycles. The average molecular weight is 878 g/mol. The number of fused-ring (bicyclic) bond motifs is 3. The fraction of sp³-hybridized carbons (Fsp3) is 0.476. The van der Waals surface area contributed by atoms with E-state index in [4.69, 9.17) is 19.4 Å². The Morgan fingerprint density at radius 2 is 0.687 bits per heavy atom. The number of para-hydroxylation sites is 1. The fourth-order valence-corrected chi connectivity index (χ4v) is 19.3. The van der Waals surface area contributed by atoms with Crippen molar-refractivity contribution in [1.29, 1.82) is 0 Å². The van der Waals surface area contributed by atoms with Crippen LogP contribution in [-0.4, -0.2) is 15.0 Å². The van der Waals surface area contributed by atoms with Crippen LogP contribution >= 0.6 is 0 Å². The zero-order valence-corrected chi connectivity index (χ0v) is 39.1. The van der Waals surface area contributed by atoms with Crippen LogP contribution in [0.3, 0.4) is 0 Å². The van der Waals surface area contributed by atoms with Gasteiger partial charge in [0.05, 0.1) is 0 Å². The second-order valence-electron chi connectivity index (χ2n) is 25.1. The Morgan fingerprint density at radius 1 is 0.343 bits per heavy atom. The Labute approximate surface area is 395 Å². The summed E-state index contributed by atoms with van der Waals surface area (Å²) in [6.45, 7) is 0. The summed E-state index contributed by atoms with van der Waals surface area (Å²) in [7, 11) is 0. The first kappa shape index (κ1) is 38.8. The van der Waals surface area contributed by atoms with Crippen molar-refractivity contribution in [3.05, 3.63) is 126 Å². The molecular formula is C63H63N3O. The second kappa shape index (κ2) is 14.0. The van der Waals surface area contributed by atoms with Gasteiger partial charge in [0.2, 0.25) is 0 Å². The minimum atomic E-state index is 0.355. The number of hydrogen-bond acceptors (Lipinski definition) is 4. The summed E-state index contributed by atoms with van der Waals surface area (Å²) in [5.74, 6) is 10.5. The quantitative estimate of drug-likeness (QED) is 0.160. The minimum Gasteiger partial charge on any atom is -0.455 e. The van der Waals surface area contributed by atoms with E-state index in [2.05, 4.69) is 109 Å². The van der Waals surface area contributed by atoms with Crippen molar-refractivity contribution in [2.24, 2.45) is 53.3 Å². The summed E-state index contributed by atoms with van der Waals surface area (Å²) >= 11 is 0. The maximum Gasteiger partial charge on any atom is 0.164 e. The van der Waals surface area contributed by atoms with E-state index in [1.807, 2.05) is 0 Å². The van der Waals surface area contributed by atoms with Crippen LogP contribution in [0.25, 0.3) is 67.2 Å². The molecule has 12 fully saturated rings. The molecule has 12 aliphatic carbocycles. The Morgan fingerprint density at radius 3 is 1.07 bits per heavy atom. The largest absolute Gasteiger partial charge is 0.455 e. The van der Waals surface area contributed by atoms with Gasteiger partial charge in [-0.05, 0) is 226 Å². The molecule has 4 heteroatoms. The first-order valence-corrected chi connectivity index (χ1v) is 26.9. The molecule has 0 saturated heterocycles. The number of benzene rings is 5. The molecular weight excluding hydrogens is 815 g/mol. The zero-order valence-electron chi connectivity index (χ0n) is 39.1. The summed E-state index contributed by atoms with van der Waals surface area (Å²) in [5.41, 5.74) is 13.0. The summed E-state index contributed by atoms with van der Waals surface area (Å²) in [6, 6.07) is 41.9.